The number of hydrazone groups is 1. The fourth-order valence-corrected chi connectivity index (χ4v) is 1.57. The highest BCUT2D eigenvalue weighted by Crippen LogP contribution is 2.21. The molecule has 2 rings (SSSR count). The van der Waals surface area contributed by atoms with Crippen molar-refractivity contribution in [2.24, 2.45) is 5.10 Å². The van der Waals surface area contributed by atoms with Crippen molar-refractivity contribution < 1.29 is 14.6 Å². The molecule has 0 aliphatic carbocycles. The molecule has 5 nitrogen and oxygen atoms in total. The van der Waals surface area contributed by atoms with Gasteiger partial charge in [-0.2, -0.15) is 5.10 Å². The number of nitrogens with zero attached hydrogens (tertiary/aromatic N) is 1. The van der Waals surface area contributed by atoms with Crippen molar-refractivity contribution in [3.63, 3.8) is 0 Å². The molecule has 2 N–H and O–H groups in total. The van der Waals surface area contributed by atoms with Crippen molar-refractivity contribution in [2.45, 2.75) is 0 Å². The minimum Gasteiger partial charge on any atom is -0.507 e. The first-order chi connectivity index (χ1) is 9.70. The Hall–Kier alpha value is -2.82. The monoisotopic (exact) mass is 270 g/mol. The minimum absolute atomic E-state index is 0.0297. The van der Waals surface area contributed by atoms with E-state index in [2.05, 4.69) is 10.5 Å². The molecule has 0 fully saturated rings. The Morgan fingerprint density at radius 2 is 2.00 bits per heavy atom. The molecule has 0 spiro atoms. The van der Waals surface area contributed by atoms with Gasteiger partial charge in [-0.1, -0.05) is 18.2 Å². The molecule has 0 unspecified atom stereocenters. The van der Waals surface area contributed by atoms with Crippen LogP contribution >= 0.6 is 0 Å². The van der Waals surface area contributed by atoms with E-state index in [0.717, 1.165) is 0 Å². The number of rotatable bonds is 4. The summed E-state index contributed by atoms with van der Waals surface area (Å²) in [6, 6.07) is 13.6. The second kappa shape index (κ2) is 6.38. The normalized spacial score (nSPS) is 10.4. The molecule has 0 aromatic heterocycles. The van der Waals surface area contributed by atoms with Crippen LogP contribution in [0.25, 0.3) is 0 Å². The Labute approximate surface area is 116 Å². The highest BCUT2D eigenvalue weighted by atomic mass is 16.5. The summed E-state index contributed by atoms with van der Waals surface area (Å²) in [6.45, 7) is 0. The van der Waals surface area contributed by atoms with Gasteiger partial charge in [-0.25, -0.2) is 5.43 Å². The lowest BCUT2D eigenvalue weighted by Crippen LogP contribution is -2.17. The number of carbonyl (C=O) groups is 1. The van der Waals surface area contributed by atoms with Gasteiger partial charge >= 0.3 is 0 Å². The van der Waals surface area contributed by atoms with E-state index < -0.39 is 0 Å². The van der Waals surface area contributed by atoms with Crippen LogP contribution in [0.15, 0.2) is 53.6 Å². The minimum atomic E-state index is -0.310. The van der Waals surface area contributed by atoms with E-state index in [1.165, 1.54) is 19.4 Å². The van der Waals surface area contributed by atoms with E-state index in [4.69, 9.17) is 4.74 Å². The van der Waals surface area contributed by atoms with Crippen LogP contribution in [0.3, 0.4) is 0 Å². The number of phenols is 1. The van der Waals surface area contributed by atoms with E-state index in [-0.39, 0.29) is 11.7 Å². The summed E-state index contributed by atoms with van der Waals surface area (Å²) in [5.41, 5.74) is 3.39. The third-order valence-corrected chi connectivity index (χ3v) is 2.64. The second-order valence-corrected chi connectivity index (χ2v) is 3.99. The summed E-state index contributed by atoms with van der Waals surface area (Å²) in [6.07, 6.45) is 1.37. The van der Waals surface area contributed by atoms with Crippen molar-refractivity contribution in [1.82, 2.24) is 5.43 Å². The molecule has 0 saturated carbocycles. The number of methoxy groups -OCH3 is 1. The van der Waals surface area contributed by atoms with Gasteiger partial charge in [-0.3, -0.25) is 4.79 Å². The summed E-state index contributed by atoms with van der Waals surface area (Å²) in [5.74, 6) is 0.268. The number of carbonyl (C=O) groups excluding carboxylic acids is 1. The van der Waals surface area contributed by atoms with Gasteiger partial charge < -0.3 is 9.84 Å². The van der Waals surface area contributed by atoms with Crippen molar-refractivity contribution in [3.8, 4) is 11.5 Å². The van der Waals surface area contributed by atoms with Crippen molar-refractivity contribution >= 4 is 12.1 Å². The van der Waals surface area contributed by atoms with E-state index in [9.17, 15) is 9.90 Å². The topological polar surface area (TPSA) is 70.9 Å². The van der Waals surface area contributed by atoms with Gasteiger partial charge in [0, 0.05) is 17.2 Å². The molecule has 0 aliphatic rings. The first kappa shape index (κ1) is 13.6. The highest BCUT2D eigenvalue weighted by Gasteiger charge is 2.03. The molecule has 0 atom stereocenters. The van der Waals surface area contributed by atoms with Crippen LogP contribution in [0.4, 0.5) is 0 Å². The van der Waals surface area contributed by atoms with E-state index in [1.807, 2.05) is 6.07 Å². The largest absolute Gasteiger partial charge is 0.507 e. The van der Waals surface area contributed by atoms with Crippen LogP contribution in [0.1, 0.15) is 15.9 Å². The van der Waals surface area contributed by atoms with Crippen LogP contribution in [-0.2, 0) is 0 Å². The molecule has 2 aromatic carbocycles. The van der Waals surface area contributed by atoms with Gasteiger partial charge in [-0.15, -0.1) is 0 Å². The van der Waals surface area contributed by atoms with Crippen LogP contribution in [-0.4, -0.2) is 24.3 Å². The summed E-state index contributed by atoms with van der Waals surface area (Å²) in [5, 5.41) is 13.5. The maximum Gasteiger partial charge on any atom is 0.271 e. The first-order valence-corrected chi connectivity index (χ1v) is 5.96. The van der Waals surface area contributed by atoms with Crippen molar-refractivity contribution in [1.29, 1.82) is 0 Å². The zero-order chi connectivity index (χ0) is 14.4. The lowest BCUT2D eigenvalue weighted by atomic mass is 10.2. The molecule has 102 valence electrons. The van der Waals surface area contributed by atoms with Gasteiger partial charge in [-0.05, 0) is 24.3 Å². The predicted octanol–water partition coefficient (Wildman–Crippen LogP) is 2.16. The Morgan fingerprint density at radius 3 is 2.65 bits per heavy atom. The third kappa shape index (κ3) is 3.35. The Kier molecular flexibility index (Phi) is 4.34. The van der Waals surface area contributed by atoms with E-state index in [0.29, 0.717) is 16.9 Å². The maximum absolute atomic E-state index is 11.7. The summed E-state index contributed by atoms with van der Waals surface area (Å²) in [7, 11) is 1.52. The van der Waals surface area contributed by atoms with Crippen molar-refractivity contribution in [2.75, 3.05) is 7.11 Å². The molecular weight excluding hydrogens is 256 g/mol. The Bertz CT molecular complexity index is 624. The number of hydrogen-bond acceptors (Lipinski definition) is 4. The van der Waals surface area contributed by atoms with Gasteiger partial charge in [0.25, 0.3) is 5.91 Å². The molecule has 5 heteroatoms. The number of ether oxygens (including phenoxy) is 1. The number of hydrogen-bond donors (Lipinski definition) is 2. The number of benzene rings is 2. The van der Waals surface area contributed by atoms with Gasteiger partial charge in [0.05, 0.1) is 13.3 Å². The summed E-state index contributed by atoms with van der Waals surface area (Å²) in [4.78, 5) is 11.7. The highest BCUT2D eigenvalue weighted by molar-refractivity contribution is 5.95. The fraction of sp³-hybridized carbons (Fsp3) is 0.0667. The predicted molar refractivity (Wildman–Crippen MR) is 76.2 cm³/mol. The molecule has 0 heterocycles. The summed E-state index contributed by atoms with van der Waals surface area (Å²) >= 11 is 0. The first-order valence-electron chi connectivity index (χ1n) is 5.96. The average molecular weight is 270 g/mol. The number of phenolic OH excluding ortho intramolecular Hbond substituents is 1. The molecule has 2 aromatic rings. The molecule has 0 radical (unpaired) electrons. The number of nitrogens with one attached hydrogen (secondary N) is 1. The number of amides is 1. The second-order valence-electron chi connectivity index (χ2n) is 3.99. The molecule has 0 aliphatic heterocycles. The van der Waals surface area contributed by atoms with Gasteiger partial charge in [0.1, 0.15) is 11.5 Å². The van der Waals surface area contributed by atoms with Crippen LogP contribution < -0.4 is 10.2 Å². The van der Waals surface area contributed by atoms with E-state index >= 15 is 0 Å². The number of aromatic hydroxyl groups is 1. The lowest BCUT2D eigenvalue weighted by molar-refractivity contribution is 0.0955. The quantitative estimate of drug-likeness (QED) is 0.660. The zero-order valence-corrected chi connectivity index (χ0v) is 10.9. The van der Waals surface area contributed by atoms with Crippen molar-refractivity contribution in [3.05, 3.63) is 59.7 Å². The molecular formula is C15H14N2O3. The standard InChI is InChI=1S/C15H14N2O3/c1-20-13-8-7-12(14(18)9-13)10-16-17-15(19)11-5-3-2-4-6-11/h2-10,18H,1H3,(H,17,19)/b16-10+. The average Bonchev–Trinajstić information content (AvgIpc) is 2.49. The maximum atomic E-state index is 11.7. The molecule has 20 heavy (non-hydrogen) atoms. The fourth-order valence-electron chi connectivity index (χ4n) is 1.57. The smallest absolute Gasteiger partial charge is 0.271 e. The third-order valence-electron chi connectivity index (χ3n) is 2.64. The Morgan fingerprint density at radius 1 is 1.25 bits per heavy atom. The SMILES string of the molecule is COc1ccc(/C=N/NC(=O)c2ccccc2)c(O)c1. The Balaban J connectivity index is 2.02. The molecule has 0 saturated heterocycles. The molecule has 1 amide bonds. The van der Waals surface area contributed by atoms with E-state index in [1.54, 1.807) is 36.4 Å². The van der Waals surface area contributed by atoms with Crippen LogP contribution in [0.2, 0.25) is 0 Å². The lowest BCUT2D eigenvalue weighted by Gasteiger charge is -2.03. The van der Waals surface area contributed by atoms with Gasteiger partial charge in [0.15, 0.2) is 0 Å². The van der Waals surface area contributed by atoms with Crippen LogP contribution in [0.5, 0.6) is 11.5 Å². The van der Waals surface area contributed by atoms with Gasteiger partial charge in [0.2, 0.25) is 0 Å². The summed E-state index contributed by atoms with van der Waals surface area (Å²) < 4.78 is 4.98. The molecule has 0 bridgehead atoms. The van der Waals surface area contributed by atoms with Crippen LogP contribution in [0, 0.1) is 0 Å². The zero-order valence-electron chi connectivity index (χ0n) is 10.9.